The van der Waals surface area contributed by atoms with E-state index in [1.165, 1.54) is 0 Å². The molecule has 0 bridgehead atoms. The average molecular weight is 144 g/mol. The van der Waals surface area contributed by atoms with Gasteiger partial charge in [-0.1, -0.05) is 0 Å². The van der Waals surface area contributed by atoms with Crippen molar-refractivity contribution in [3.63, 3.8) is 0 Å². The fraction of sp³-hybridized carbons (Fsp3) is 0. The van der Waals surface area contributed by atoms with E-state index in [2.05, 4.69) is 24.4 Å². The molecule has 0 saturated carbocycles. The summed E-state index contributed by atoms with van der Waals surface area (Å²) in [4.78, 5) is 14.8. The summed E-state index contributed by atoms with van der Waals surface area (Å²) in [6.07, 6.45) is 0. The first kappa shape index (κ1) is 10.2. The summed E-state index contributed by atoms with van der Waals surface area (Å²) in [5, 5.41) is 0. The minimum absolute atomic E-state index is 3.00. The van der Waals surface area contributed by atoms with Gasteiger partial charge in [0.05, 0.1) is 0 Å². The molecule has 3 nitrogen and oxygen atoms in total. The molecule has 0 radical (unpaired) electrons. The minimum Gasteiger partial charge on any atom is -0.313 e. The van der Waals surface area contributed by atoms with Crippen molar-refractivity contribution in [3.8, 4) is 0 Å². The van der Waals surface area contributed by atoms with Gasteiger partial charge >= 0.3 is 6.95 Å². The fourth-order valence-corrected chi connectivity index (χ4v) is 0. The molecular formula is C2H6ClO3P. The maximum atomic E-state index is 9.09. The molecule has 7 heavy (non-hydrogen) atoms. The largest absolute Gasteiger partial charge is 0.419 e. The van der Waals surface area contributed by atoms with Gasteiger partial charge in [0.2, 0.25) is 0 Å². The second-order valence-corrected chi connectivity index (χ2v) is 2.74. The van der Waals surface area contributed by atoms with Gasteiger partial charge < -0.3 is 9.79 Å². The summed E-state index contributed by atoms with van der Waals surface area (Å²) in [5.74, 6) is 0. The first-order chi connectivity index (χ1) is 3.00. The van der Waals surface area contributed by atoms with Crippen LogP contribution in [0.4, 0.5) is 0 Å². The topological polar surface area (TPSA) is 57.5 Å². The van der Waals surface area contributed by atoms with Crippen LogP contribution >= 0.6 is 18.2 Å². The van der Waals surface area contributed by atoms with Crippen LogP contribution in [0.2, 0.25) is 0 Å². The van der Waals surface area contributed by atoms with Crippen LogP contribution in [-0.4, -0.2) is 9.79 Å². The number of halogens is 1. The Kier molecular flexibility index (Phi) is 6.34. The third-order valence-corrected chi connectivity index (χ3v) is 0. The summed E-state index contributed by atoms with van der Waals surface area (Å²) in [5.41, 5.74) is 0. The van der Waals surface area contributed by atoms with E-state index in [9.17, 15) is 0 Å². The van der Waals surface area contributed by atoms with Gasteiger partial charge in [-0.05, 0) is 0 Å². The number of rotatable bonds is 0. The van der Waals surface area contributed by atoms with Crippen LogP contribution in [0.25, 0.3) is 0 Å². The molecule has 0 aromatic rings. The third-order valence-electron chi connectivity index (χ3n) is 0. The average Bonchev–Trinajstić information content (AvgIpc) is 1.36. The lowest BCUT2D eigenvalue weighted by Gasteiger charge is -1.80. The highest BCUT2D eigenvalue weighted by Gasteiger charge is 2.01. The Hall–Kier alpha value is 0.180. The third kappa shape index (κ3) is 3330. The maximum Gasteiger partial charge on any atom is 0.419 e. The summed E-state index contributed by atoms with van der Waals surface area (Å²) in [6, 6.07) is 0. The van der Waals surface area contributed by atoms with Crippen LogP contribution < -0.4 is 0 Å². The summed E-state index contributed by atoms with van der Waals surface area (Å²) in [7, 11) is 0. The van der Waals surface area contributed by atoms with Gasteiger partial charge in [0.15, 0.2) is 0 Å². The first-order valence-corrected chi connectivity index (χ1v) is 3.77. The molecule has 0 saturated heterocycles. The van der Waals surface area contributed by atoms with Gasteiger partial charge in [0, 0.05) is 11.2 Å². The zero-order chi connectivity index (χ0) is 6.50. The molecule has 0 aromatic carbocycles. The lowest BCUT2D eigenvalue weighted by Crippen LogP contribution is -1.54. The predicted molar refractivity (Wildman–Crippen MR) is 29.2 cm³/mol. The van der Waals surface area contributed by atoms with Gasteiger partial charge in [0.1, 0.15) is 0 Å². The van der Waals surface area contributed by atoms with Gasteiger partial charge in [-0.15, -0.1) is 13.2 Å². The fourth-order valence-electron chi connectivity index (χ4n) is 0. The zero-order valence-electron chi connectivity index (χ0n) is 3.54. The van der Waals surface area contributed by atoms with Gasteiger partial charge in [-0.2, -0.15) is 0 Å². The van der Waals surface area contributed by atoms with Crippen molar-refractivity contribution in [2.24, 2.45) is 0 Å². The molecule has 0 atom stereocenters. The van der Waals surface area contributed by atoms with E-state index < -0.39 is 6.95 Å². The highest BCUT2D eigenvalue weighted by atomic mass is 35.7. The lowest BCUT2D eigenvalue weighted by atomic mass is 11.3. The molecule has 0 heterocycles. The smallest absolute Gasteiger partial charge is 0.313 e. The molecule has 0 fully saturated rings. The van der Waals surface area contributed by atoms with Crippen LogP contribution in [0.15, 0.2) is 13.2 Å². The molecule has 0 aliphatic rings. The van der Waals surface area contributed by atoms with Gasteiger partial charge in [-0.25, -0.2) is 4.57 Å². The SMILES string of the molecule is C=C.O=P(O)(O)Cl. The Labute approximate surface area is 46.6 Å². The highest BCUT2D eigenvalue weighted by Crippen LogP contribution is 2.39. The highest BCUT2D eigenvalue weighted by molar-refractivity contribution is 7.79. The van der Waals surface area contributed by atoms with Crippen LogP contribution in [-0.2, 0) is 4.57 Å². The standard InChI is InChI=1S/C2H4.ClH2O3P/c1-2;1-5(2,3)4/h1-2H2;(H2,2,3,4). The van der Waals surface area contributed by atoms with Crippen molar-refractivity contribution in [2.75, 3.05) is 0 Å². The molecular weight excluding hydrogens is 138 g/mol. The monoisotopic (exact) mass is 144 g/mol. The normalized spacial score (nSPS) is 9.00. The zero-order valence-corrected chi connectivity index (χ0v) is 5.19. The minimum atomic E-state index is -4.17. The Balaban J connectivity index is 0. The second kappa shape index (κ2) is 4.34. The van der Waals surface area contributed by atoms with Crippen LogP contribution in [0, 0.1) is 0 Å². The molecule has 0 unspecified atom stereocenters. The van der Waals surface area contributed by atoms with E-state index >= 15 is 0 Å². The maximum absolute atomic E-state index is 9.09. The Morgan fingerprint density at radius 1 is 1.43 bits per heavy atom. The van der Waals surface area contributed by atoms with Crippen molar-refractivity contribution < 1.29 is 14.4 Å². The van der Waals surface area contributed by atoms with Crippen LogP contribution in [0.3, 0.4) is 0 Å². The summed E-state index contributed by atoms with van der Waals surface area (Å²) >= 11 is 4.20. The number of hydrogen-bond donors (Lipinski definition) is 2. The van der Waals surface area contributed by atoms with Crippen molar-refractivity contribution in [3.05, 3.63) is 13.2 Å². The van der Waals surface area contributed by atoms with E-state index in [0.717, 1.165) is 0 Å². The summed E-state index contributed by atoms with van der Waals surface area (Å²) in [6.45, 7) is 1.83. The molecule has 0 spiro atoms. The molecule has 0 aromatic heterocycles. The molecule has 0 amide bonds. The Morgan fingerprint density at radius 2 is 1.43 bits per heavy atom. The predicted octanol–water partition coefficient (Wildman–Crippen LogP) is 1.12. The Morgan fingerprint density at radius 3 is 1.43 bits per heavy atom. The van der Waals surface area contributed by atoms with E-state index in [1.807, 2.05) is 0 Å². The summed E-state index contributed by atoms with van der Waals surface area (Å²) < 4.78 is 9.09. The molecule has 44 valence electrons. The molecule has 0 aliphatic heterocycles. The van der Waals surface area contributed by atoms with E-state index in [4.69, 9.17) is 14.4 Å². The Bertz CT molecular complexity index is 68.7. The van der Waals surface area contributed by atoms with Crippen LogP contribution in [0.1, 0.15) is 0 Å². The molecule has 0 rings (SSSR count). The van der Waals surface area contributed by atoms with Gasteiger partial charge in [0.25, 0.3) is 0 Å². The number of hydrogen-bond acceptors (Lipinski definition) is 1. The molecule has 0 aliphatic carbocycles. The molecule has 2 N–H and O–H groups in total. The first-order valence-electron chi connectivity index (χ1n) is 1.25. The molecule has 5 heteroatoms. The van der Waals surface area contributed by atoms with Crippen molar-refractivity contribution >= 4 is 18.2 Å². The van der Waals surface area contributed by atoms with E-state index in [-0.39, 0.29) is 0 Å². The van der Waals surface area contributed by atoms with Gasteiger partial charge in [-0.3, -0.25) is 0 Å². The van der Waals surface area contributed by atoms with Crippen molar-refractivity contribution in [1.82, 2.24) is 0 Å². The van der Waals surface area contributed by atoms with Crippen molar-refractivity contribution in [2.45, 2.75) is 0 Å². The van der Waals surface area contributed by atoms with Crippen LogP contribution in [0.5, 0.6) is 0 Å². The van der Waals surface area contributed by atoms with E-state index in [0.29, 0.717) is 0 Å². The lowest BCUT2D eigenvalue weighted by molar-refractivity contribution is 0.395. The quantitative estimate of drug-likeness (QED) is 0.396. The van der Waals surface area contributed by atoms with E-state index in [1.54, 1.807) is 0 Å². The van der Waals surface area contributed by atoms with Crippen molar-refractivity contribution in [1.29, 1.82) is 0 Å². The second-order valence-electron chi connectivity index (χ2n) is 0.473.